The summed E-state index contributed by atoms with van der Waals surface area (Å²) in [6.07, 6.45) is 8.15. The van der Waals surface area contributed by atoms with E-state index in [4.69, 9.17) is 9.47 Å². The molecule has 2 saturated carbocycles. The first-order valence-corrected chi connectivity index (χ1v) is 14.9. The van der Waals surface area contributed by atoms with Crippen molar-refractivity contribution in [3.05, 3.63) is 47.5 Å². The minimum Gasteiger partial charge on any atom is -0.444 e. The van der Waals surface area contributed by atoms with Crippen LogP contribution in [-0.2, 0) is 9.47 Å². The Morgan fingerprint density at radius 3 is 2.26 bits per heavy atom. The van der Waals surface area contributed by atoms with Crippen LogP contribution in [0, 0.1) is 11.7 Å². The van der Waals surface area contributed by atoms with Gasteiger partial charge in [0.05, 0.1) is 17.7 Å². The number of nitrogens with zero attached hydrogens (tertiary/aromatic N) is 4. The lowest BCUT2D eigenvalue weighted by Gasteiger charge is -2.39. The second-order valence-corrected chi connectivity index (χ2v) is 12.4. The highest BCUT2D eigenvalue weighted by atomic mass is 19.1. The molecule has 11 heteroatoms. The van der Waals surface area contributed by atoms with E-state index in [1.54, 1.807) is 4.90 Å². The molecule has 3 fully saturated rings. The lowest BCUT2D eigenvalue weighted by atomic mass is 10.0. The van der Waals surface area contributed by atoms with E-state index in [0.717, 1.165) is 25.5 Å². The van der Waals surface area contributed by atoms with Crippen molar-refractivity contribution in [3.8, 4) is 11.4 Å². The minimum absolute atomic E-state index is 0.00394. The van der Waals surface area contributed by atoms with Gasteiger partial charge in [-0.15, -0.1) is 0 Å². The fourth-order valence-electron chi connectivity index (χ4n) is 5.07. The highest BCUT2D eigenvalue weighted by Crippen LogP contribution is 2.34. The normalized spacial score (nSPS) is 17.6. The molecule has 3 aliphatic rings. The van der Waals surface area contributed by atoms with Gasteiger partial charge in [0, 0.05) is 56.3 Å². The Balaban J connectivity index is 1.17. The summed E-state index contributed by atoms with van der Waals surface area (Å²) < 4.78 is 26.0. The number of amides is 3. The Bertz CT molecular complexity index is 1280. The topological polar surface area (TPSA) is 114 Å². The van der Waals surface area contributed by atoms with Gasteiger partial charge in [-0.05, 0) is 83.4 Å². The van der Waals surface area contributed by atoms with Crippen LogP contribution < -0.4 is 5.32 Å². The Kier molecular flexibility index (Phi) is 9.05. The van der Waals surface area contributed by atoms with Gasteiger partial charge in [0.1, 0.15) is 11.4 Å². The zero-order valence-electron chi connectivity index (χ0n) is 24.6. The van der Waals surface area contributed by atoms with E-state index in [2.05, 4.69) is 15.3 Å². The van der Waals surface area contributed by atoms with Crippen molar-refractivity contribution in [2.24, 2.45) is 5.92 Å². The van der Waals surface area contributed by atoms with Crippen molar-refractivity contribution in [2.75, 3.05) is 32.8 Å². The molecule has 5 rings (SSSR count). The number of rotatable bonds is 10. The van der Waals surface area contributed by atoms with E-state index >= 15 is 0 Å². The smallest absolute Gasteiger partial charge is 0.410 e. The van der Waals surface area contributed by atoms with Crippen molar-refractivity contribution in [1.29, 1.82) is 0 Å². The molecule has 42 heavy (non-hydrogen) atoms. The number of hydrogen-bond donors (Lipinski definition) is 1. The van der Waals surface area contributed by atoms with Gasteiger partial charge in [-0.3, -0.25) is 9.59 Å². The van der Waals surface area contributed by atoms with Gasteiger partial charge in [-0.2, -0.15) is 0 Å². The number of nitrogens with one attached hydrogen (secondary N) is 1. The fourth-order valence-corrected chi connectivity index (χ4v) is 5.07. The lowest BCUT2D eigenvalue weighted by Crippen LogP contribution is -2.50. The number of halogens is 1. The second kappa shape index (κ2) is 12.7. The van der Waals surface area contributed by atoms with Crippen LogP contribution in [0.4, 0.5) is 9.18 Å². The van der Waals surface area contributed by atoms with E-state index in [0.29, 0.717) is 50.6 Å². The Morgan fingerprint density at radius 1 is 1.00 bits per heavy atom. The number of carbonyl (C=O) groups excluding carboxylic acids is 3. The molecule has 1 aromatic carbocycles. The summed E-state index contributed by atoms with van der Waals surface area (Å²) in [6, 6.07) is 4.33. The fraction of sp³-hybridized carbons (Fsp3) is 0.581. The molecular formula is C31H40FN5O5. The van der Waals surface area contributed by atoms with E-state index in [9.17, 15) is 18.8 Å². The second-order valence-electron chi connectivity index (χ2n) is 12.4. The quantitative estimate of drug-likeness (QED) is 0.413. The number of aromatic nitrogens is 2. The molecule has 10 nitrogen and oxygen atoms in total. The predicted molar refractivity (Wildman–Crippen MR) is 153 cm³/mol. The van der Waals surface area contributed by atoms with Crippen molar-refractivity contribution in [1.82, 2.24) is 25.1 Å². The Morgan fingerprint density at radius 2 is 1.67 bits per heavy atom. The average Bonchev–Trinajstić information content (AvgIpc) is 3.89. The maximum absolute atomic E-state index is 15.0. The molecule has 1 N–H and O–H groups in total. The molecule has 1 aromatic heterocycles. The molecule has 1 aliphatic heterocycles. The first-order valence-electron chi connectivity index (χ1n) is 14.9. The largest absolute Gasteiger partial charge is 0.444 e. The highest BCUT2D eigenvalue weighted by Gasteiger charge is 2.40. The number of carbonyl (C=O) groups is 3. The first kappa shape index (κ1) is 29.9. The average molecular weight is 582 g/mol. The van der Waals surface area contributed by atoms with Crippen LogP contribution in [0.1, 0.15) is 80.0 Å². The third kappa shape index (κ3) is 7.81. The van der Waals surface area contributed by atoms with E-state index < -0.39 is 11.4 Å². The molecule has 3 amide bonds. The summed E-state index contributed by atoms with van der Waals surface area (Å²) in [7, 11) is 0. The van der Waals surface area contributed by atoms with Crippen LogP contribution >= 0.6 is 0 Å². The molecule has 0 radical (unpaired) electrons. The molecule has 226 valence electrons. The Hall–Kier alpha value is -3.60. The highest BCUT2D eigenvalue weighted by molar-refractivity contribution is 5.95. The summed E-state index contributed by atoms with van der Waals surface area (Å²) in [5.41, 5.74) is 0.121. The van der Waals surface area contributed by atoms with Crippen LogP contribution in [-0.4, -0.2) is 88.2 Å². The molecule has 2 aromatic rings. The monoisotopic (exact) mass is 581 g/mol. The molecule has 2 aliphatic carbocycles. The molecular weight excluding hydrogens is 541 g/mol. The molecule has 1 saturated heterocycles. The van der Waals surface area contributed by atoms with Crippen molar-refractivity contribution in [3.63, 3.8) is 0 Å². The third-order valence-electron chi connectivity index (χ3n) is 7.64. The van der Waals surface area contributed by atoms with Crippen molar-refractivity contribution in [2.45, 2.75) is 77.0 Å². The summed E-state index contributed by atoms with van der Waals surface area (Å²) in [5, 5.41) is 2.74. The van der Waals surface area contributed by atoms with E-state index in [1.807, 2.05) is 25.7 Å². The van der Waals surface area contributed by atoms with Gasteiger partial charge in [-0.1, -0.05) is 0 Å². The third-order valence-corrected chi connectivity index (χ3v) is 7.64. The molecule has 0 spiro atoms. The van der Waals surface area contributed by atoms with Gasteiger partial charge < -0.3 is 24.6 Å². The zero-order valence-corrected chi connectivity index (χ0v) is 24.6. The lowest BCUT2D eigenvalue weighted by molar-refractivity contribution is 0.0142. The number of benzene rings is 1. The number of piperidine rings is 1. The minimum atomic E-state index is -0.622. The summed E-state index contributed by atoms with van der Waals surface area (Å²) in [6.45, 7) is 8.07. The number of hydrogen-bond acceptors (Lipinski definition) is 7. The van der Waals surface area contributed by atoms with Gasteiger partial charge >= 0.3 is 6.09 Å². The van der Waals surface area contributed by atoms with E-state index in [-0.39, 0.29) is 46.9 Å². The van der Waals surface area contributed by atoms with Gasteiger partial charge in [0.2, 0.25) is 0 Å². The maximum atomic E-state index is 15.0. The van der Waals surface area contributed by atoms with Crippen LogP contribution in [0.5, 0.6) is 0 Å². The van der Waals surface area contributed by atoms with Crippen LogP contribution in [0.25, 0.3) is 11.4 Å². The summed E-state index contributed by atoms with van der Waals surface area (Å²) in [5.74, 6) is -0.372. The first-order chi connectivity index (χ1) is 20.1. The van der Waals surface area contributed by atoms with Gasteiger partial charge in [-0.25, -0.2) is 19.2 Å². The number of ether oxygens (including phenoxy) is 2. The summed E-state index contributed by atoms with van der Waals surface area (Å²) >= 11 is 0. The standard InChI is InChI=1S/C31H40FN5O5/c1-31(2,3)42-30(40)36-13-10-24(11-14-36)37(23-7-8-23)29(39)22-17-34-27(35-18-22)25-9-6-21(16-26(25)32)28(38)33-12-15-41-19-20-4-5-20/h6,9,16-18,20,23-24H,4-5,7-8,10-15,19H2,1-3H3,(H,33,38). The maximum Gasteiger partial charge on any atom is 0.410 e. The van der Waals surface area contributed by atoms with Crippen LogP contribution in [0.3, 0.4) is 0 Å². The van der Waals surface area contributed by atoms with E-state index in [1.165, 1.54) is 37.4 Å². The zero-order chi connectivity index (χ0) is 29.9. The van der Waals surface area contributed by atoms with Crippen molar-refractivity contribution < 1.29 is 28.2 Å². The number of likely N-dealkylation sites (tertiary alicyclic amines) is 1. The molecule has 2 heterocycles. The molecule has 0 unspecified atom stereocenters. The Labute approximate surface area is 246 Å². The van der Waals surface area contributed by atoms with Crippen LogP contribution in [0.15, 0.2) is 30.6 Å². The molecule has 0 bridgehead atoms. The van der Waals surface area contributed by atoms with Gasteiger partial charge in [0.25, 0.3) is 11.8 Å². The predicted octanol–water partition coefficient (Wildman–Crippen LogP) is 4.44. The molecule has 0 atom stereocenters. The van der Waals surface area contributed by atoms with Crippen LogP contribution in [0.2, 0.25) is 0 Å². The van der Waals surface area contributed by atoms with Crippen molar-refractivity contribution >= 4 is 17.9 Å². The SMILES string of the molecule is CC(C)(C)OC(=O)N1CCC(N(C(=O)c2cnc(-c3ccc(C(=O)NCCOCC4CC4)cc3F)nc2)C2CC2)CC1. The van der Waals surface area contributed by atoms with Gasteiger partial charge in [0.15, 0.2) is 5.82 Å². The summed E-state index contributed by atoms with van der Waals surface area (Å²) in [4.78, 5) is 50.6.